The number of imidazole rings is 1. The monoisotopic (exact) mass is 286 g/mol. The van der Waals surface area contributed by atoms with Crippen molar-refractivity contribution in [2.45, 2.75) is 32.4 Å². The Kier molecular flexibility index (Phi) is 4.15. The van der Waals surface area contributed by atoms with Gasteiger partial charge < -0.3 is 9.88 Å². The summed E-state index contributed by atoms with van der Waals surface area (Å²) >= 11 is 0. The molecule has 1 aliphatic heterocycles. The summed E-state index contributed by atoms with van der Waals surface area (Å²) in [5.41, 5.74) is 2.25. The zero-order valence-corrected chi connectivity index (χ0v) is 12.7. The average molecular weight is 286 g/mol. The second-order valence-corrected chi connectivity index (χ2v) is 5.74. The van der Waals surface area contributed by atoms with Crippen LogP contribution in [0.3, 0.4) is 0 Å². The van der Waals surface area contributed by atoms with Crippen molar-refractivity contribution in [3.8, 4) is 0 Å². The van der Waals surface area contributed by atoms with Crippen LogP contribution in [0.2, 0.25) is 0 Å². The van der Waals surface area contributed by atoms with E-state index in [-0.39, 0.29) is 0 Å². The Labute approximate surface area is 125 Å². The van der Waals surface area contributed by atoms with E-state index >= 15 is 0 Å². The van der Waals surface area contributed by atoms with E-state index in [1.807, 2.05) is 32.6 Å². The van der Waals surface area contributed by atoms with E-state index in [1.54, 1.807) is 6.20 Å². The maximum Gasteiger partial charge on any atom is 0.223 e. The number of piperidine rings is 1. The normalized spacial score (nSPS) is 19.6. The molecule has 1 atom stereocenters. The molecule has 0 aromatic carbocycles. The zero-order chi connectivity index (χ0) is 14.7. The highest BCUT2D eigenvalue weighted by molar-refractivity contribution is 5.26. The van der Waals surface area contributed by atoms with Crippen LogP contribution in [-0.4, -0.2) is 43.6 Å². The lowest BCUT2D eigenvalue weighted by molar-refractivity contribution is 0.204. The molecule has 1 N–H and O–H groups in total. The highest BCUT2D eigenvalue weighted by Gasteiger charge is 2.21. The highest BCUT2D eigenvalue weighted by atomic mass is 15.2. The first-order chi connectivity index (χ1) is 10.2. The van der Waals surface area contributed by atoms with Crippen LogP contribution in [0.5, 0.6) is 0 Å². The maximum atomic E-state index is 4.43. The molecule has 1 aliphatic rings. The molecule has 1 unspecified atom stereocenters. The van der Waals surface area contributed by atoms with Crippen molar-refractivity contribution in [1.29, 1.82) is 0 Å². The van der Waals surface area contributed by atoms with Gasteiger partial charge in [0, 0.05) is 44.3 Å². The fraction of sp³-hybridized carbons (Fsp3) is 0.533. The molecule has 0 aliphatic carbocycles. The molecular weight excluding hydrogens is 264 g/mol. The molecule has 0 bridgehead atoms. The quantitative estimate of drug-likeness (QED) is 0.925. The van der Waals surface area contributed by atoms with Gasteiger partial charge >= 0.3 is 0 Å². The van der Waals surface area contributed by atoms with E-state index in [2.05, 4.69) is 29.7 Å². The van der Waals surface area contributed by atoms with Gasteiger partial charge in [0.25, 0.3) is 0 Å². The van der Waals surface area contributed by atoms with E-state index in [4.69, 9.17) is 0 Å². The fourth-order valence-corrected chi connectivity index (χ4v) is 2.78. The largest absolute Gasteiger partial charge is 0.350 e. The van der Waals surface area contributed by atoms with Gasteiger partial charge in [-0.1, -0.05) is 0 Å². The molecule has 0 radical (unpaired) electrons. The average Bonchev–Trinajstić information content (AvgIpc) is 2.85. The Hall–Kier alpha value is -1.95. The summed E-state index contributed by atoms with van der Waals surface area (Å²) in [4.78, 5) is 15.4. The van der Waals surface area contributed by atoms with Crippen molar-refractivity contribution >= 4 is 5.95 Å². The van der Waals surface area contributed by atoms with E-state index in [0.29, 0.717) is 6.04 Å². The minimum absolute atomic E-state index is 0.411. The van der Waals surface area contributed by atoms with Gasteiger partial charge in [-0.25, -0.2) is 15.0 Å². The minimum atomic E-state index is 0.411. The number of hydrogen-bond donors (Lipinski definition) is 1. The number of hydrogen-bond acceptors (Lipinski definition) is 5. The molecule has 0 amide bonds. The van der Waals surface area contributed by atoms with Crippen LogP contribution in [0.4, 0.5) is 5.95 Å². The summed E-state index contributed by atoms with van der Waals surface area (Å²) in [5.74, 6) is 0.738. The van der Waals surface area contributed by atoms with Gasteiger partial charge in [0.15, 0.2) is 0 Å². The summed E-state index contributed by atoms with van der Waals surface area (Å²) < 4.78 is 2.08. The first kappa shape index (κ1) is 14.0. The molecule has 3 rings (SSSR count). The maximum absolute atomic E-state index is 4.43. The van der Waals surface area contributed by atoms with Gasteiger partial charge in [0.1, 0.15) is 0 Å². The minimum Gasteiger partial charge on any atom is -0.350 e. The highest BCUT2D eigenvalue weighted by Crippen LogP contribution is 2.16. The Balaban J connectivity index is 1.59. The van der Waals surface area contributed by atoms with Crippen LogP contribution in [0, 0.1) is 6.92 Å². The number of anilines is 1. The lowest BCUT2D eigenvalue weighted by Gasteiger charge is -2.33. The lowest BCUT2D eigenvalue weighted by atomic mass is 10.1. The topological polar surface area (TPSA) is 58.9 Å². The van der Waals surface area contributed by atoms with Crippen LogP contribution in [-0.2, 0) is 13.6 Å². The molecule has 2 aromatic rings. The van der Waals surface area contributed by atoms with Crippen molar-refractivity contribution in [3.05, 3.63) is 36.2 Å². The predicted octanol–water partition coefficient (Wildman–Crippen LogP) is 1.60. The molecule has 1 fully saturated rings. The third-order valence-corrected chi connectivity index (χ3v) is 3.94. The Bertz CT molecular complexity index is 593. The number of nitrogens with zero attached hydrogens (tertiary/aromatic N) is 5. The molecule has 1 saturated heterocycles. The van der Waals surface area contributed by atoms with Crippen LogP contribution in [0.1, 0.15) is 24.2 Å². The number of nitrogens with one attached hydrogen (secondary N) is 1. The second-order valence-electron chi connectivity index (χ2n) is 5.74. The molecule has 21 heavy (non-hydrogen) atoms. The summed E-state index contributed by atoms with van der Waals surface area (Å²) in [6, 6.07) is 2.33. The molecule has 0 spiro atoms. The van der Waals surface area contributed by atoms with Gasteiger partial charge in [0.2, 0.25) is 5.95 Å². The van der Waals surface area contributed by atoms with Crippen LogP contribution in [0.15, 0.2) is 24.8 Å². The number of likely N-dealkylation sites (tertiary alicyclic amines) is 1. The predicted molar refractivity (Wildman–Crippen MR) is 81.9 cm³/mol. The molecule has 6 nitrogen and oxygen atoms in total. The first-order valence-electron chi connectivity index (χ1n) is 7.44. The molecule has 2 aromatic heterocycles. The van der Waals surface area contributed by atoms with E-state index in [1.165, 1.54) is 18.5 Å². The second kappa shape index (κ2) is 6.22. The van der Waals surface area contributed by atoms with Gasteiger partial charge in [-0.2, -0.15) is 0 Å². The van der Waals surface area contributed by atoms with Gasteiger partial charge in [0.05, 0.1) is 12.0 Å². The standard InChI is InChI=1S/C15H22N6/c1-12-5-6-17-15(18-12)19-13-4-3-7-21(9-13)10-14-8-16-11-20(14)2/h5-6,8,11,13H,3-4,7,9-10H2,1-2H3,(H,17,18,19). The summed E-state index contributed by atoms with van der Waals surface area (Å²) in [7, 11) is 2.04. The van der Waals surface area contributed by atoms with E-state index < -0.39 is 0 Å². The third kappa shape index (κ3) is 3.58. The first-order valence-corrected chi connectivity index (χ1v) is 7.44. The van der Waals surface area contributed by atoms with Crippen LogP contribution in [0.25, 0.3) is 0 Å². The summed E-state index contributed by atoms with van der Waals surface area (Å²) in [6.07, 6.45) is 7.97. The smallest absolute Gasteiger partial charge is 0.223 e. The number of aryl methyl sites for hydroxylation is 2. The molecule has 3 heterocycles. The van der Waals surface area contributed by atoms with Crippen molar-refractivity contribution in [2.75, 3.05) is 18.4 Å². The van der Waals surface area contributed by atoms with Crippen molar-refractivity contribution in [2.24, 2.45) is 7.05 Å². The Morgan fingerprint density at radius 2 is 2.33 bits per heavy atom. The van der Waals surface area contributed by atoms with Crippen molar-refractivity contribution < 1.29 is 0 Å². The van der Waals surface area contributed by atoms with Gasteiger partial charge in [-0.3, -0.25) is 4.90 Å². The molecule has 0 saturated carbocycles. The SMILES string of the molecule is Cc1ccnc(NC2CCCN(Cc3cncn3C)C2)n1. The number of rotatable bonds is 4. The fourth-order valence-electron chi connectivity index (χ4n) is 2.78. The third-order valence-electron chi connectivity index (χ3n) is 3.94. The summed E-state index contributed by atoms with van der Waals surface area (Å²) in [6.45, 7) is 5.09. The summed E-state index contributed by atoms with van der Waals surface area (Å²) in [5, 5.41) is 3.46. The lowest BCUT2D eigenvalue weighted by Crippen LogP contribution is -2.42. The number of aromatic nitrogens is 4. The molecular formula is C15H22N6. The van der Waals surface area contributed by atoms with Crippen LogP contribution >= 0.6 is 0 Å². The Morgan fingerprint density at radius 3 is 3.10 bits per heavy atom. The van der Waals surface area contributed by atoms with E-state index in [9.17, 15) is 0 Å². The van der Waals surface area contributed by atoms with Crippen molar-refractivity contribution in [1.82, 2.24) is 24.4 Å². The van der Waals surface area contributed by atoms with Gasteiger partial charge in [-0.05, 0) is 32.4 Å². The van der Waals surface area contributed by atoms with Crippen LogP contribution < -0.4 is 5.32 Å². The molecule has 112 valence electrons. The van der Waals surface area contributed by atoms with Gasteiger partial charge in [-0.15, -0.1) is 0 Å². The van der Waals surface area contributed by atoms with Crippen molar-refractivity contribution in [3.63, 3.8) is 0 Å². The van der Waals surface area contributed by atoms with E-state index in [0.717, 1.165) is 31.3 Å². The Morgan fingerprint density at radius 1 is 1.43 bits per heavy atom. The zero-order valence-electron chi connectivity index (χ0n) is 12.7. The molecule has 6 heteroatoms.